The Balaban J connectivity index is 2.26. The highest BCUT2D eigenvalue weighted by molar-refractivity contribution is 7.93. The number of hydrogen-bond donors (Lipinski definition) is 1. The van der Waals surface area contributed by atoms with Crippen molar-refractivity contribution in [3.05, 3.63) is 24.0 Å². The van der Waals surface area contributed by atoms with E-state index in [4.69, 9.17) is 14.2 Å². The van der Waals surface area contributed by atoms with Crippen molar-refractivity contribution in [2.24, 2.45) is 0 Å². The average Bonchev–Trinajstić information content (AvgIpc) is 2.98. The summed E-state index contributed by atoms with van der Waals surface area (Å²) >= 11 is 0.966. The van der Waals surface area contributed by atoms with E-state index in [-0.39, 0.29) is 15.8 Å². The monoisotopic (exact) mass is 359 g/mol. The Morgan fingerprint density at radius 2 is 2.00 bits per heavy atom. The second-order valence-electron chi connectivity index (χ2n) is 4.38. The molecule has 0 fully saturated rings. The van der Waals surface area contributed by atoms with Gasteiger partial charge in [0.1, 0.15) is 22.2 Å². The fourth-order valence-electron chi connectivity index (χ4n) is 1.75. The first-order valence-corrected chi connectivity index (χ1v) is 8.82. The SMILES string of the molecule is COCCc1nsc(NS(=O)(=O)c2cc(OC)ccc2OC)n1. The number of ether oxygens (including phenoxy) is 3. The molecule has 10 heteroatoms. The Kier molecular flexibility index (Phi) is 5.74. The first kappa shape index (κ1) is 17.4. The van der Waals surface area contributed by atoms with Crippen LogP contribution in [0.4, 0.5) is 5.13 Å². The smallest absolute Gasteiger partial charge is 0.267 e. The number of nitrogens with zero attached hydrogens (tertiary/aromatic N) is 2. The molecule has 2 rings (SSSR count). The van der Waals surface area contributed by atoms with Crippen molar-refractivity contribution >= 4 is 26.7 Å². The van der Waals surface area contributed by atoms with Crippen LogP contribution in [0, 0.1) is 0 Å². The fourth-order valence-corrected chi connectivity index (χ4v) is 3.78. The van der Waals surface area contributed by atoms with E-state index in [2.05, 4.69) is 14.1 Å². The van der Waals surface area contributed by atoms with Gasteiger partial charge in [0.15, 0.2) is 0 Å². The predicted octanol–water partition coefficient (Wildman–Crippen LogP) is 1.55. The second-order valence-corrected chi connectivity index (χ2v) is 6.78. The zero-order valence-electron chi connectivity index (χ0n) is 12.9. The fraction of sp³-hybridized carbons (Fsp3) is 0.385. The highest BCUT2D eigenvalue weighted by Gasteiger charge is 2.22. The molecule has 0 saturated carbocycles. The largest absolute Gasteiger partial charge is 0.497 e. The molecule has 0 atom stereocenters. The van der Waals surface area contributed by atoms with Gasteiger partial charge in [-0.05, 0) is 12.1 Å². The molecule has 1 N–H and O–H groups in total. The summed E-state index contributed by atoms with van der Waals surface area (Å²) in [6.07, 6.45) is 0.511. The number of methoxy groups -OCH3 is 3. The number of hydrogen-bond acceptors (Lipinski definition) is 8. The summed E-state index contributed by atoms with van der Waals surface area (Å²) < 4.78 is 46.7. The molecule has 0 amide bonds. The number of aromatic nitrogens is 2. The van der Waals surface area contributed by atoms with Crippen LogP contribution in [-0.2, 0) is 21.2 Å². The minimum atomic E-state index is -3.87. The van der Waals surface area contributed by atoms with E-state index in [9.17, 15) is 8.42 Å². The molecule has 0 aliphatic carbocycles. The molecule has 0 aliphatic heterocycles. The summed E-state index contributed by atoms with van der Waals surface area (Å²) in [5.41, 5.74) is 0. The third kappa shape index (κ3) is 4.30. The minimum Gasteiger partial charge on any atom is -0.497 e. The second kappa shape index (κ2) is 7.57. The highest BCUT2D eigenvalue weighted by Crippen LogP contribution is 2.30. The first-order valence-electron chi connectivity index (χ1n) is 6.56. The van der Waals surface area contributed by atoms with Crippen LogP contribution >= 0.6 is 11.5 Å². The van der Waals surface area contributed by atoms with Crippen LogP contribution in [0.3, 0.4) is 0 Å². The molecule has 1 heterocycles. The molecule has 1 aromatic carbocycles. The van der Waals surface area contributed by atoms with Crippen molar-refractivity contribution in [2.45, 2.75) is 11.3 Å². The molecule has 0 aliphatic rings. The lowest BCUT2D eigenvalue weighted by molar-refractivity contribution is 0.201. The van der Waals surface area contributed by atoms with Crippen LogP contribution in [0.2, 0.25) is 0 Å². The van der Waals surface area contributed by atoms with Crippen LogP contribution in [0.5, 0.6) is 11.5 Å². The van der Waals surface area contributed by atoms with E-state index in [1.54, 1.807) is 13.2 Å². The van der Waals surface area contributed by atoms with Gasteiger partial charge in [-0.25, -0.2) is 13.4 Å². The van der Waals surface area contributed by atoms with Crippen LogP contribution < -0.4 is 14.2 Å². The van der Waals surface area contributed by atoms with E-state index in [1.807, 2.05) is 0 Å². The maximum atomic E-state index is 12.5. The number of nitrogens with one attached hydrogen (secondary N) is 1. The third-order valence-corrected chi connectivity index (χ3v) is 5.04. The van der Waals surface area contributed by atoms with Gasteiger partial charge in [0.2, 0.25) is 5.13 Å². The van der Waals surface area contributed by atoms with Crippen molar-refractivity contribution < 1.29 is 22.6 Å². The van der Waals surface area contributed by atoms with Crippen LogP contribution in [-0.4, -0.2) is 45.7 Å². The van der Waals surface area contributed by atoms with Gasteiger partial charge in [-0.2, -0.15) is 4.37 Å². The summed E-state index contributed by atoms with van der Waals surface area (Å²) in [4.78, 5) is 4.09. The Morgan fingerprint density at radius 1 is 1.22 bits per heavy atom. The summed E-state index contributed by atoms with van der Waals surface area (Å²) in [5, 5.41) is 0.181. The van der Waals surface area contributed by atoms with Crippen molar-refractivity contribution in [3.8, 4) is 11.5 Å². The minimum absolute atomic E-state index is 0.0343. The molecular weight excluding hydrogens is 342 g/mol. The van der Waals surface area contributed by atoms with E-state index < -0.39 is 10.0 Å². The Hall–Kier alpha value is -1.91. The van der Waals surface area contributed by atoms with Crippen molar-refractivity contribution in [1.82, 2.24) is 9.36 Å². The Bertz CT molecular complexity index is 761. The van der Waals surface area contributed by atoms with E-state index >= 15 is 0 Å². The molecule has 0 radical (unpaired) electrons. The summed E-state index contributed by atoms with van der Waals surface area (Å²) in [5.74, 6) is 1.14. The molecule has 1 aromatic heterocycles. The van der Waals surface area contributed by atoms with Gasteiger partial charge >= 0.3 is 0 Å². The Labute approximate surface area is 138 Å². The molecule has 126 valence electrons. The highest BCUT2D eigenvalue weighted by atomic mass is 32.2. The maximum absolute atomic E-state index is 12.5. The summed E-state index contributed by atoms with van der Waals surface area (Å²) in [7, 11) is 0.555. The van der Waals surface area contributed by atoms with Gasteiger partial charge in [-0.15, -0.1) is 0 Å². The third-order valence-electron chi connectivity index (χ3n) is 2.88. The van der Waals surface area contributed by atoms with Crippen LogP contribution in [0.15, 0.2) is 23.1 Å². The lowest BCUT2D eigenvalue weighted by Crippen LogP contribution is -2.14. The summed E-state index contributed by atoms with van der Waals surface area (Å²) in [6.45, 7) is 0.465. The van der Waals surface area contributed by atoms with E-state index in [0.29, 0.717) is 24.6 Å². The lowest BCUT2D eigenvalue weighted by Gasteiger charge is -2.11. The zero-order valence-corrected chi connectivity index (χ0v) is 14.5. The molecule has 0 bridgehead atoms. The number of anilines is 1. The molecule has 23 heavy (non-hydrogen) atoms. The number of benzene rings is 1. The maximum Gasteiger partial charge on any atom is 0.267 e. The van der Waals surface area contributed by atoms with Crippen LogP contribution in [0.25, 0.3) is 0 Å². The van der Waals surface area contributed by atoms with E-state index in [0.717, 1.165) is 11.5 Å². The van der Waals surface area contributed by atoms with Crippen molar-refractivity contribution in [2.75, 3.05) is 32.7 Å². The van der Waals surface area contributed by atoms with Gasteiger partial charge in [0.05, 0.1) is 20.8 Å². The van der Waals surface area contributed by atoms with Gasteiger partial charge in [-0.1, -0.05) is 0 Å². The standard InChI is InChI=1S/C13H17N3O5S2/c1-19-7-6-12-14-13(22-15-12)16-23(17,18)11-8-9(20-2)4-5-10(11)21-3/h4-5,8H,6-7H2,1-3H3,(H,14,15,16). The van der Waals surface area contributed by atoms with Crippen LogP contribution in [0.1, 0.15) is 5.82 Å². The molecule has 2 aromatic rings. The molecule has 0 saturated heterocycles. The molecule has 0 unspecified atom stereocenters. The van der Waals surface area contributed by atoms with Gasteiger partial charge < -0.3 is 14.2 Å². The number of sulfonamides is 1. The van der Waals surface area contributed by atoms with Gasteiger partial charge in [0, 0.05) is 31.1 Å². The topological polar surface area (TPSA) is 99.6 Å². The van der Waals surface area contributed by atoms with Gasteiger partial charge in [-0.3, -0.25) is 4.72 Å². The quantitative estimate of drug-likeness (QED) is 0.763. The number of rotatable bonds is 8. The first-order chi connectivity index (χ1) is 11.0. The van der Waals surface area contributed by atoms with Crippen molar-refractivity contribution in [1.29, 1.82) is 0 Å². The van der Waals surface area contributed by atoms with Gasteiger partial charge in [0.25, 0.3) is 10.0 Å². The lowest BCUT2D eigenvalue weighted by atomic mass is 10.3. The predicted molar refractivity (Wildman–Crippen MR) is 85.8 cm³/mol. The summed E-state index contributed by atoms with van der Waals surface area (Å²) in [6, 6.07) is 4.53. The molecule has 8 nitrogen and oxygen atoms in total. The van der Waals surface area contributed by atoms with Crippen molar-refractivity contribution in [3.63, 3.8) is 0 Å². The molecular formula is C13H17N3O5S2. The normalized spacial score (nSPS) is 11.3. The molecule has 0 spiro atoms. The Morgan fingerprint density at radius 3 is 2.65 bits per heavy atom. The average molecular weight is 359 g/mol. The van der Waals surface area contributed by atoms with E-state index in [1.165, 1.54) is 26.4 Å². The zero-order chi connectivity index (χ0) is 16.9.